The van der Waals surface area contributed by atoms with Gasteiger partial charge in [0, 0.05) is 5.54 Å². The number of carbonyl (C=O) groups is 3. The average Bonchev–Trinajstić information content (AvgIpc) is 2.34. The summed E-state index contributed by atoms with van der Waals surface area (Å²) in [6.45, 7) is 4.56. The topological polar surface area (TPSA) is 84.5 Å². The molecule has 0 aromatic heterocycles. The Morgan fingerprint density at radius 2 is 1.81 bits per heavy atom. The van der Waals surface area contributed by atoms with Crippen LogP contribution in [0.4, 0.5) is 9.18 Å². The molecule has 0 aliphatic carbocycles. The third-order valence-electron chi connectivity index (χ3n) is 2.17. The van der Waals surface area contributed by atoms with E-state index in [4.69, 9.17) is 0 Å². The number of nitrogens with one attached hydrogen (secondary N) is 2. The lowest BCUT2D eigenvalue weighted by molar-refractivity contribution is -0.123. The summed E-state index contributed by atoms with van der Waals surface area (Å²) in [4.78, 5) is 34.4. The van der Waals surface area contributed by atoms with E-state index in [2.05, 4.69) is 10.1 Å². The van der Waals surface area contributed by atoms with E-state index in [0.29, 0.717) is 0 Å². The van der Waals surface area contributed by atoms with Crippen LogP contribution in [-0.4, -0.2) is 30.1 Å². The molecule has 0 atom stereocenters. The van der Waals surface area contributed by atoms with Crippen LogP contribution in [-0.2, 0) is 9.53 Å². The van der Waals surface area contributed by atoms with E-state index in [0.717, 1.165) is 6.07 Å². The van der Waals surface area contributed by atoms with Crippen LogP contribution in [0.3, 0.4) is 0 Å². The molecule has 0 aliphatic heterocycles. The van der Waals surface area contributed by atoms with Crippen molar-refractivity contribution >= 4 is 17.9 Å². The predicted octanol–water partition coefficient (Wildman–Crippen LogP) is 1.61. The minimum absolute atomic E-state index is 0.274. The molecular weight excluding hydrogens is 279 g/mol. The van der Waals surface area contributed by atoms with Gasteiger partial charge in [-0.2, -0.15) is 0 Å². The molecule has 2 N–H and O–H groups in total. The van der Waals surface area contributed by atoms with Crippen LogP contribution in [0.25, 0.3) is 0 Å². The molecule has 1 rings (SSSR count). The van der Waals surface area contributed by atoms with Gasteiger partial charge in [-0.25, -0.2) is 14.0 Å². The summed E-state index contributed by atoms with van der Waals surface area (Å²) in [6, 6.07) is 4.54. The van der Waals surface area contributed by atoms with E-state index in [1.165, 1.54) is 18.2 Å². The zero-order valence-electron chi connectivity index (χ0n) is 12.0. The molecule has 0 bridgehead atoms. The van der Waals surface area contributed by atoms with E-state index < -0.39 is 35.9 Å². The van der Waals surface area contributed by atoms with E-state index >= 15 is 0 Å². The van der Waals surface area contributed by atoms with Gasteiger partial charge in [-0.3, -0.25) is 10.1 Å². The lowest BCUT2D eigenvalue weighted by Crippen LogP contribution is -2.49. The van der Waals surface area contributed by atoms with Gasteiger partial charge in [-0.15, -0.1) is 0 Å². The van der Waals surface area contributed by atoms with Crippen molar-refractivity contribution in [3.05, 3.63) is 35.6 Å². The van der Waals surface area contributed by atoms with Gasteiger partial charge >= 0.3 is 12.0 Å². The number of esters is 1. The van der Waals surface area contributed by atoms with Gasteiger partial charge in [-0.05, 0) is 32.9 Å². The van der Waals surface area contributed by atoms with Gasteiger partial charge in [0.1, 0.15) is 5.82 Å². The molecule has 7 heteroatoms. The number of rotatable bonds is 3. The molecule has 114 valence electrons. The molecule has 0 aliphatic rings. The number of amides is 3. The smallest absolute Gasteiger partial charge is 0.341 e. The van der Waals surface area contributed by atoms with Gasteiger partial charge in [0.05, 0.1) is 5.56 Å². The Morgan fingerprint density at radius 3 is 2.38 bits per heavy atom. The van der Waals surface area contributed by atoms with Crippen molar-refractivity contribution in [1.29, 1.82) is 0 Å². The second kappa shape index (κ2) is 6.83. The van der Waals surface area contributed by atoms with Gasteiger partial charge in [-0.1, -0.05) is 12.1 Å². The number of carbonyl (C=O) groups excluding carboxylic acids is 3. The first kappa shape index (κ1) is 16.6. The van der Waals surface area contributed by atoms with Crippen molar-refractivity contribution in [2.24, 2.45) is 0 Å². The van der Waals surface area contributed by atoms with Crippen LogP contribution in [0.1, 0.15) is 31.1 Å². The highest BCUT2D eigenvalue weighted by Crippen LogP contribution is 2.07. The Bertz CT molecular complexity index is 552. The second-order valence-corrected chi connectivity index (χ2v) is 5.31. The Labute approximate surface area is 121 Å². The molecule has 0 unspecified atom stereocenters. The van der Waals surface area contributed by atoms with Crippen LogP contribution in [0, 0.1) is 5.82 Å². The quantitative estimate of drug-likeness (QED) is 0.830. The summed E-state index contributed by atoms with van der Waals surface area (Å²) >= 11 is 0. The standard InChI is InChI=1S/C14H17FN2O4/c1-14(2,3)17-13(20)16-11(18)8-21-12(19)9-6-4-5-7-10(9)15/h4-7H,8H2,1-3H3,(H2,16,17,18,20). The number of hydrogen-bond donors (Lipinski definition) is 2. The monoisotopic (exact) mass is 296 g/mol. The van der Waals surface area contributed by atoms with Crippen molar-refractivity contribution in [2.45, 2.75) is 26.3 Å². The number of benzene rings is 1. The summed E-state index contributed by atoms with van der Waals surface area (Å²) in [5.74, 6) is -2.52. The molecule has 0 saturated carbocycles. The normalized spacial score (nSPS) is 10.7. The maximum atomic E-state index is 13.3. The van der Waals surface area contributed by atoms with Gasteiger partial charge in [0.2, 0.25) is 0 Å². The molecule has 0 heterocycles. The first-order valence-electron chi connectivity index (χ1n) is 6.23. The Balaban J connectivity index is 2.45. The predicted molar refractivity (Wildman–Crippen MR) is 73.1 cm³/mol. The highest BCUT2D eigenvalue weighted by Gasteiger charge is 2.18. The summed E-state index contributed by atoms with van der Waals surface area (Å²) in [7, 11) is 0. The molecule has 3 amide bonds. The lowest BCUT2D eigenvalue weighted by atomic mass is 10.1. The molecule has 0 fully saturated rings. The van der Waals surface area contributed by atoms with Crippen molar-refractivity contribution in [1.82, 2.24) is 10.6 Å². The highest BCUT2D eigenvalue weighted by molar-refractivity contribution is 5.97. The van der Waals surface area contributed by atoms with E-state index in [9.17, 15) is 18.8 Å². The zero-order valence-corrected chi connectivity index (χ0v) is 12.0. The van der Waals surface area contributed by atoms with Crippen LogP contribution < -0.4 is 10.6 Å². The van der Waals surface area contributed by atoms with Crippen LogP contribution in [0.15, 0.2) is 24.3 Å². The maximum absolute atomic E-state index is 13.3. The maximum Gasteiger partial charge on any atom is 0.341 e. The molecule has 6 nitrogen and oxygen atoms in total. The minimum Gasteiger partial charge on any atom is -0.452 e. The van der Waals surface area contributed by atoms with Crippen LogP contribution in [0.5, 0.6) is 0 Å². The molecule has 0 saturated heterocycles. The van der Waals surface area contributed by atoms with Crippen molar-refractivity contribution < 1.29 is 23.5 Å². The third-order valence-corrected chi connectivity index (χ3v) is 2.17. The lowest BCUT2D eigenvalue weighted by Gasteiger charge is -2.20. The summed E-state index contributed by atoms with van der Waals surface area (Å²) < 4.78 is 17.9. The molecular formula is C14H17FN2O4. The van der Waals surface area contributed by atoms with Crippen LogP contribution >= 0.6 is 0 Å². The van der Waals surface area contributed by atoms with Gasteiger partial charge in [0.25, 0.3) is 5.91 Å². The van der Waals surface area contributed by atoms with Crippen molar-refractivity contribution in [3.8, 4) is 0 Å². The Morgan fingerprint density at radius 1 is 1.19 bits per heavy atom. The van der Waals surface area contributed by atoms with Gasteiger partial charge < -0.3 is 10.1 Å². The number of urea groups is 1. The fraction of sp³-hybridized carbons (Fsp3) is 0.357. The van der Waals surface area contributed by atoms with Gasteiger partial charge in [0.15, 0.2) is 6.61 Å². The first-order chi connectivity index (χ1) is 9.69. The molecule has 0 spiro atoms. The van der Waals surface area contributed by atoms with E-state index in [1.54, 1.807) is 20.8 Å². The number of imide groups is 1. The summed E-state index contributed by atoms with van der Waals surface area (Å²) in [5, 5.41) is 4.51. The molecule has 1 aromatic carbocycles. The molecule has 21 heavy (non-hydrogen) atoms. The first-order valence-corrected chi connectivity index (χ1v) is 6.23. The molecule has 1 aromatic rings. The number of hydrogen-bond acceptors (Lipinski definition) is 4. The largest absolute Gasteiger partial charge is 0.452 e. The Kier molecular flexibility index (Phi) is 5.40. The second-order valence-electron chi connectivity index (χ2n) is 5.31. The minimum atomic E-state index is -0.973. The number of ether oxygens (including phenoxy) is 1. The zero-order chi connectivity index (χ0) is 16.0. The van der Waals surface area contributed by atoms with E-state index in [1.807, 2.05) is 5.32 Å². The average molecular weight is 296 g/mol. The van der Waals surface area contributed by atoms with Crippen LogP contribution in [0.2, 0.25) is 0 Å². The van der Waals surface area contributed by atoms with Crippen molar-refractivity contribution in [3.63, 3.8) is 0 Å². The summed E-state index contributed by atoms with van der Waals surface area (Å²) in [6.07, 6.45) is 0. The number of halogens is 1. The molecule has 0 radical (unpaired) electrons. The van der Waals surface area contributed by atoms with Crippen molar-refractivity contribution in [2.75, 3.05) is 6.61 Å². The SMILES string of the molecule is CC(C)(C)NC(=O)NC(=O)COC(=O)c1ccccc1F. The van der Waals surface area contributed by atoms with E-state index in [-0.39, 0.29) is 5.56 Å². The fourth-order valence-electron chi connectivity index (χ4n) is 1.37. The highest BCUT2D eigenvalue weighted by atomic mass is 19.1. The third kappa shape index (κ3) is 6.03. The fourth-order valence-corrected chi connectivity index (χ4v) is 1.37. The Hall–Kier alpha value is -2.44. The summed E-state index contributed by atoms with van der Waals surface area (Å²) in [5.41, 5.74) is -0.779.